The van der Waals surface area contributed by atoms with Crippen molar-refractivity contribution in [3.63, 3.8) is 0 Å². The molecule has 0 amide bonds. The molecule has 1 heterocycles. The SMILES string of the molecule is COC(=O)n1c(C)cc2ccc(N)cc21. The topological polar surface area (TPSA) is 57.2 Å². The molecule has 0 saturated heterocycles. The lowest BCUT2D eigenvalue weighted by molar-refractivity contribution is 0.173. The summed E-state index contributed by atoms with van der Waals surface area (Å²) in [7, 11) is 1.36. The second-order valence-corrected chi connectivity index (χ2v) is 3.41. The monoisotopic (exact) mass is 204 g/mol. The normalized spacial score (nSPS) is 10.5. The van der Waals surface area contributed by atoms with Crippen LogP contribution in [0.25, 0.3) is 10.9 Å². The smallest absolute Gasteiger partial charge is 0.418 e. The molecule has 0 spiro atoms. The van der Waals surface area contributed by atoms with Gasteiger partial charge in [0, 0.05) is 16.8 Å². The fourth-order valence-electron chi connectivity index (χ4n) is 1.69. The van der Waals surface area contributed by atoms with E-state index >= 15 is 0 Å². The molecule has 2 rings (SSSR count). The van der Waals surface area contributed by atoms with E-state index in [9.17, 15) is 4.79 Å². The molecule has 0 aliphatic heterocycles. The standard InChI is InChI=1S/C11H12N2O2/c1-7-5-8-3-4-9(12)6-10(8)13(7)11(14)15-2/h3-6H,12H2,1-2H3. The fourth-order valence-corrected chi connectivity index (χ4v) is 1.69. The molecule has 0 saturated carbocycles. The quantitative estimate of drug-likeness (QED) is 0.669. The Morgan fingerprint density at radius 2 is 2.13 bits per heavy atom. The third-order valence-corrected chi connectivity index (χ3v) is 2.37. The third-order valence-electron chi connectivity index (χ3n) is 2.37. The van der Waals surface area contributed by atoms with Gasteiger partial charge in [0.25, 0.3) is 0 Å². The van der Waals surface area contributed by atoms with E-state index in [1.165, 1.54) is 11.7 Å². The number of aromatic nitrogens is 1. The highest BCUT2D eigenvalue weighted by Gasteiger charge is 2.12. The summed E-state index contributed by atoms with van der Waals surface area (Å²) in [5, 5.41) is 0.979. The first-order chi connectivity index (χ1) is 7.13. The van der Waals surface area contributed by atoms with Gasteiger partial charge in [-0.1, -0.05) is 6.07 Å². The number of ether oxygens (including phenoxy) is 1. The highest BCUT2D eigenvalue weighted by atomic mass is 16.5. The van der Waals surface area contributed by atoms with Crippen molar-refractivity contribution in [3.8, 4) is 0 Å². The summed E-state index contributed by atoms with van der Waals surface area (Å²) in [6.07, 6.45) is -0.395. The number of fused-ring (bicyclic) bond motifs is 1. The van der Waals surface area contributed by atoms with Crippen LogP contribution >= 0.6 is 0 Å². The van der Waals surface area contributed by atoms with Crippen LogP contribution in [-0.2, 0) is 4.74 Å². The van der Waals surface area contributed by atoms with Crippen LogP contribution in [0.1, 0.15) is 5.69 Å². The van der Waals surface area contributed by atoms with Crippen LogP contribution < -0.4 is 5.73 Å². The van der Waals surface area contributed by atoms with E-state index in [0.29, 0.717) is 5.69 Å². The van der Waals surface area contributed by atoms with E-state index in [4.69, 9.17) is 10.5 Å². The molecule has 0 radical (unpaired) electrons. The van der Waals surface area contributed by atoms with Crippen LogP contribution in [0.4, 0.5) is 10.5 Å². The van der Waals surface area contributed by atoms with Crippen molar-refractivity contribution < 1.29 is 9.53 Å². The van der Waals surface area contributed by atoms with Crippen molar-refractivity contribution in [2.24, 2.45) is 0 Å². The molecular formula is C11H12N2O2. The van der Waals surface area contributed by atoms with Gasteiger partial charge in [0.1, 0.15) is 0 Å². The predicted octanol–water partition coefficient (Wildman–Crippen LogP) is 2.15. The number of rotatable bonds is 0. The summed E-state index contributed by atoms with van der Waals surface area (Å²) < 4.78 is 6.21. The molecule has 0 bridgehead atoms. The Kier molecular flexibility index (Phi) is 2.11. The van der Waals surface area contributed by atoms with E-state index in [-0.39, 0.29) is 0 Å². The maximum atomic E-state index is 11.5. The lowest BCUT2D eigenvalue weighted by Crippen LogP contribution is -2.12. The molecule has 0 aliphatic carbocycles. The van der Waals surface area contributed by atoms with Crippen molar-refractivity contribution in [2.75, 3.05) is 12.8 Å². The second kappa shape index (κ2) is 3.31. The molecule has 4 nitrogen and oxygen atoms in total. The Morgan fingerprint density at radius 3 is 2.80 bits per heavy atom. The van der Waals surface area contributed by atoms with Crippen LogP contribution in [0, 0.1) is 6.92 Å². The minimum absolute atomic E-state index is 0.395. The van der Waals surface area contributed by atoms with Crippen molar-refractivity contribution in [3.05, 3.63) is 30.0 Å². The van der Waals surface area contributed by atoms with Gasteiger partial charge in [0.05, 0.1) is 12.6 Å². The molecule has 0 fully saturated rings. The largest absolute Gasteiger partial charge is 0.452 e. The first-order valence-corrected chi connectivity index (χ1v) is 4.59. The first-order valence-electron chi connectivity index (χ1n) is 4.59. The minimum Gasteiger partial charge on any atom is -0.452 e. The summed E-state index contributed by atoms with van der Waals surface area (Å²) in [4.78, 5) is 11.5. The van der Waals surface area contributed by atoms with Gasteiger partial charge in [-0.3, -0.25) is 0 Å². The Hall–Kier alpha value is -1.97. The van der Waals surface area contributed by atoms with Gasteiger partial charge in [-0.2, -0.15) is 0 Å². The lowest BCUT2D eigenvalue weighted by atomic mass is 10.2. The van der Waals surface area contributed by atoms with Gasteiger partial charge in [-0.05, 0) is 25.1 Å². The molecule has 0 unspecified atom stereocenters. The Labute approximate surface area is 87.2 Å². The average Bonchev–Trinajstić information content (AvgIpc) is 2.52. The highest BCUT2D eigenvalue weighted by Crippen LogP contribution is 2.22. The zero-order valence-corrected chi connectivity index (χ0v) is 8.65. The van der Waals surface area contributed by atoms with Crippen LogP contribution in [0.3, 0.4) is 0 Å². The number of hydrogen-bond donors (Lipinski definition) is 1. The molecule has 2 aromatic rings. The summed E-state index contributed by atoms with van der Waals surface area (Å²) in [5.74, 6) is 0. The maximum Gasteiger partial charge on any atom is 0.418 e. The molecule has 0 atom stereocenters. The van der Waals surface area contributed by atoms with Gasteiger partial charge in [0.15, 0.2) is 0 Å². The number of nitrogen functional groups attached to an aromatic ring is 1. The molecule has 1 aromatic carbocycles. The number of benzene rings is 1. The van der Waals surface area contributed by atoms with Crippen molar-refractivity contribution >= 4 is 22.7 Å². The van der Waals surface area contributed by atoms with Crippen molar-refractivity contribution in [2.45, 2.75) is 6.92 Å². The third kappa shape index (κ3) is 1.44. The molecule has 78 valence electrons. The summed E-state index contributed by atoms with van der Waals surface area (Å²) >= 11 is 0. The molecule has 4 heteroatoms. The van der Waals surface area contributed by atoms with Crippen LogP contribution in [-0.4, -0.2) is 17.8 Å². The highest BCUT2D eigenvalue weighted by molar-refractivity contribution is 5.92. The second-order valence-electron chi connectivity index (χ2n) is 3.41. The van der Waals surface area contributed by atoms with E-state index in [1.807, 2.05) is 25.1 Å². The average molecular weight is 204 g/mol. The molecule has 0 aliphatic rings. The van der Waals surface area contributed by atoms with Crippen LogP contribution in [0.5, 0.6) is 0 Å². The number of methoxy groups -OCH3 is 1. The molecule has 2 N–H and O–H groups in total. The zero-order chi connectivity index (χ0) is 11.0. The van der Waals surface area contributed by atoms with Crippen molar-refractivity contribution in [1.82, 2.24) is 4.57 Å². The number of nitrogens with two attached hydrogens (primary N) is 1. The molecule has 15 heavy (non-hydrogen) atoms. The lowest BCUT2D eigenvalue weighted by Gasteiger charge is -2.04. The Morgan fingerprint density at radius 1 is 1.40 bits per heavy atom. The van der Waals surface area contributed by atoms with Gasteiger partial charge < -0.3 is 10.5 Å². The summed E-state index contributed by atoms with van der Waals surface area (Å²) in [6.45, 7) is 1.85. The predicted molar refractivity (Wildman–Crippen MR) is 58.9 cm³/mol. The van der Waals surface area contributed by atoms with E-state index in [2.05, 4.69) is 0 Å². The number of anilines is 1. The van der Waals surface area contributed by atoms with E-state index in [0.717, 1.165) is 16.6 Å². The Balaban J connectivity index is 2.76. The minimum atomic E-state index is -0.395. The van der Waals surface area contributed by atoms with Gasteiger partial charge in [-0.15, -0.1) is 0 Å². The van der Waals surface area contributed by atoms with Gasteiger partial charge >= 0.3 is 6.09 Å². The van der Waals surface area contributed by atoms with Crippen LogP contribution in [0.15, 0.2) is 24.3 Å². The summed E-state index contributed by atoms with van der Waals surface area (Å²) in [6, 6.07) is 7.38. The van der Waals surface area contributed by atoms with Crippen LogP contribution in [0.2, 0.25) is 0 Å². The number of carbonyl (C=O) groups is 1. The molecule has 1 aromatic heterocycles. The zero-order valence-electron chi connectivity index (χ0n) is 8.65. The molecular weight excluding hydrogens is 192 g/mol. The van der Waals surface area contributed by atoms with Gasteiger partial charge in [0.2, 0.25) is 0 Å². The van der Waals surface area contributed by atoms with Crippen molar-refractivity contribution in [1.29, 1.82) is 0 Å². The Bertz CT molecular complexity index is 529. The number of aryl methyl sites for hydroxylation is 1. The first kappa shape index (κ1) is 9.58. The number of hydrogen-bond acceptors (Lipinski definition) is 3. The van der Waals surface area contributed by atoms with Gasteiger partial charge in [-0.25, -0.2) is 9.36 Å². The van der Waals surface area contributed by atoms with E-state index in [1.54, 1.807) is 6.07 Å². The number of carbonyl (C=O) groups excluding carboxylic acids is 1. The van der Waals surface area contributed by atoms with E-state index < -0.39 is 6.09 Å². The number of nitrogens with zero attached hydrogens (tertiary/aromatic N) is 1. The maximum absolute atomic E-state index is 11.5. The summed E-state index contributed by atoms with van der Waals surface area (Å²) in [5.41, 5.74) is 7.92. The fraction of sp³-hybridized carbons (Fsp3) is 0.182.